The second-order valence-corrected chi connectivity index (χ2v) is 5.64. The highest BCUT2D eigenvalue weighted by Crippen LogP contribution is 2.33. The maximum absolute atomic E-state index is 5.71. The third-order valence-electron chi connectivity index (χ3n) is 2.94. The van der Waals surface area contributed by atoms with Crippen molar-refractivity contribution >= 4 is 0 Å². The number of rotatable bonds is 5. The van der Waals surface area contributed by atoms with Crippen molar-refractivity contribution in [3.8, 4) is 0 Å². The number of nitrogens with zero attached hydrogens (tertiary/aromatic N) is 2. The Kier molecular flexibility index (Phi) is 5.23. The van der Waals surface area contributed by atoms with E-state index in [2.05, 4.69) is 37.7 Å². The van der Waals surface area contributed by atoms with Crippen molar-refractivity contribution in [3.05, 3.63) is 23.3 Å². The van der Waals surface area contributed by atoms with Gasteiger partial charge in [-0.15, -0.1) is 0 Å². The Labute approximate surface area is 110 Å². The zero-order chi connectivity index (χ0) is 13.8. The molecule has 4 nitrogen and oxygen atoms in total. The van der Waals surface area contributed by atoms with Gasteiger partial charge < -0.3 is 10.5 Å². The number of aryl methyl sites for hydroxylation is 1. The van der Waals surface area contributed by atoms with E-state index in [0.717, 1.165) is 29.9 Å². The van der Waals surface area contributed by atoms with Gasteiger partial charge in [-0.1, -0.05) is 34.1 Å². The molecule has 0 saturated carbocycles. The van der Waals surface area contributed by atoms with Crippen molar-refractivity contribution in [1.82, 2.24) is 9.97 Å². The van der Waals surface area contributed by atoms with Crippen LogP contribution in [0.1, 0.15) is 57.3 Å². The summed E-state index contributed by atoms with van der Waals surface area (Å²) in [6.07, 6.45) is 3.73. The summed E-state index contributed by atoms with van der Waals surface area (Å²) in [6.45, 7) is 9.00. The van der Waals surface area contributed by atoms with Crippen LogP contribution in [-0.2, 0) is 17.7 Å². The van der Waals surface area contributed by atoms with Crippen molar-refractivity contribution in [2.24, 2.45) is 11.1 Å². The minimum atomic E-state index is -0.0973. The van der Waals surface area contributed by atoms with E-state index in [-0.39, 0.29) is 11.5 Å². The molecule has 1 aromatic heterocycles. The molecule has 2 N–H and O–H groups in total. The molecule has 1 unspecified atom stereocenters. The zero-order valence-corrected chi connectivity index (χ0v) is 12.2. The minimum Gasteiger partial charge on any atom is -0.373 e. The van der Waals surface area contributed by atoms with E-state index >= 15 is 0 Å². The van der Waals surface area contributed by atoms with E-state index in [4.69, 9.17) is 10.5 Å². The van der Waals surface area contributed by atoms with Crippen LogP contribution in [0.25, 0.3) is 0 Å². The lowest BCUT2D eigenvalue weighted by Crippen LogP contribution is -2.23. The molecule has 102 valence electrons. The first kappa shape index (κ1) is 15.1. The van der Waals surface area contributed by atoms with E-state index in [1.54, 1.807) is 7.11 Å². The predicted molar refractivity (Wildman–Crippen MR) is 73.1 cm³/mol. The Balaban J connectivity index is 3.13. The zero-order valence-electron chi connectivity index (χ0n) is 12.2. The van der Waals surface area contributed by atoms with Gasteiger partial charge in [-0.05, 0) is 11.8 Å². The maximum atomic E-state index is 5.71. The average Bonchev–Trinajstić information content (AvgIpc) is 2.29. The van der Waals surface area contributed by atoms with Crippen molar-refractivity contribution in [3.63, 3.8) is 0 Å². The van der Waals surface area contributed by atoms with Crippen LogP contribution in [0.3, 0.4) is 0 Å². The Bertz CT molecular complexity index is 385. The molecule has 0 bridgehead atoms. The molecule has 0 aliphatic carbocycles. The van der Waals surface area contributed by atoms with Crippen LogP contribution >= 0.6 is 0 Å². The third-order valence-corrected chi connectivity index (χ3v) is 2.94. The molecule has 1 atom stereocenters. The molecule has 4 heteroatoms. The number of nitrogens with two attached hydrogens (primary N) is 1. The lowest BCUT2D eigenvalue weighted by molar-refractivity contribution is 0.00846. The molecule has 0 aromatic carbocycles. The third kappa shape index (κ3) is 3.50. The van der Waals surface area contributed by atoms with Crippen LogP contribution in [0.2, 0.25) is 0 Å². The van der Waals surface area contributed by atoms with Crippen molar-refractivity contribution < 1.29 is 4.74 Å². The summed E-state index contributed by atoms with van der Waals surface area (Å²) in [4.78, 5) is 9.07. The monoisotopic (exact) mass is 251 g/mol. The summed E-state index contributed by atoms with van der Waals surface area (Å²) in [5, 5.41) is 0. The fraction of sp³-hybridized carbons (Fsp3) is 0.714. The van der Waals surface area contributed by atoms with Crippen molar-refractivity contribution in [1.29, 1.82) is 0 Å². The lowest BCUT2D eigenvalue weighted by Gasteiger charge is -2.28. The van der Waals surface area contributed by atoms with E-state index in [1.165, 1.54) is 0 Å². The first-order valence-corrected chi connectivity index (χ1v) is 6.51. The van der Waals surface area contributed by atoms with Gasteiger partial charge in [-0.3, -0.25) is 0 Å². The Morgan fingerprint density at radius 1 is 1.39 bits per heavy atom. The standard InChI is InChI=1S/C14H25N3O/c1-6-7-11-10(8-15)9-16-13(17-11)12(18-5)14(2,3)4/h9,12H,6-8,15H2,1-5H3. The molecule has 0 fully saturated rings. The highest BCUT2D eigenvalue weighted by atomic mass is 16.5. The van der Waals surface area contributed by atoms with Gasteiger partial charge in [0.15, 0.2) is 5.82 Å². The van der Waals surface area contributed by atoms with E-state index < -0.39 is 0 Å². The largest absolute Gasteiger partial charge is 0.373 e. The summed E-state index contributed by atoms with van der Waals surface area (Å²) in [5.74, 6) is 0.755. The molecule has 0 amide bonds. The summed E-state index contributed by atoms with van der Waals surface area (Å²) < 4.78 is 5.55. The van der Waals surface area contributed by atoms with Crippen LogP contribution in [0.5, 0.6) is 0 Å². The molecule has 0 spiro atoms. The molecule has 1 aromatic rings. The van der Waals surface area contributed by atoms with Gasteiger partial charge in [0, 0.05) is 31.1 Å². The number of hydrogen-bond acceptors (Lipinski definition) is 4. The van der Waals surface area contributed by atoms with Gasteiger partial charge in [-0.25, -0.2) is 9.97 Å². The Hall–Kier alpha value is -1.00. The molecular formula is C14H25N3O. The van der Waals surface area contributed by atoms with Crippen LogP contribution < -0.4 is 5.73 Å². The first-order valence-electron chi connectivity index (χ1n) is 6.51. The van der Waals surface area contributed by atoms with Gasteiger partial charge in [0.25, 0.3) is 0 Å². The van der Waals surface area contributed by atoms with Crippen molar-refractivity contribution in [2.45, 2.75) is 53.2 Å². The SMILES string of the molecule is CCCc1nc(C(OC)C(C)(C)C)ncc1CN. The molecular weight excluding hydrogens is 226 g/mol. The quantitative estimate of drug-likeness (QED) is 0.874. The summed E-state index contributed by atoms with van der Waals surface area (Å²) in [5.41, 5.74) is 7.77. The van der Waals surface area contributed by atoms with Gasteiger partial charge in [0.1, 0.15) is 6.10 Å². The second kappa shape index (κ2) is 6.25. The minimum absolute atomic E-state index is 0.0253. The number of methoxy groups -OCH3 is 1. The number of ether oxygens (including phenoxy) is 1. The van der Waals surface area contributed by atoms with Crippen molar-refractivity contribution in [2.75, 3.05) is 7.11 Å². The summed E-state index contributed by atoms with van der Waals surface area (Å²) in [7, 11) is 1.70. The maximum Gasteiger partial charge on any atom is 0.157 e. The lowest BCUT2D eigenvalue weighted by atomic mass is 9.88. The second-order valence-electron chi connectivity index (χ2n) is 5.64. The summed E-state index contributed by atoms with van der Waals surface area (Å²) in [6, 6.07) is 0. The molecule has 0 aliphatic heterocycles. The smallest absolute Gasteiger partial charge is 0.157 e. The van der Waals surface area contributed by atoms with E-state index in [0.29, 0.717) is 6.54 Å². The summed E-state index contributed by atoms with van der Waals surface area (Å²) >= 11 is 0. The molecule has 1 rings (SSSR count). The molecule has 18 heavy (non-hydrogen) atoms. The van der Waals surface area contributed by atoms with Crippen LogP contribution in [0.4, 0.5) is 0 Å². The highest BCUT2D eigenvalue weighted by Gasteiger charge is 2.29. The molecule has 1 heterocycles. The normalized spacial score (nSPS) is 13.7. The molecule has 0 radical (unpaired) electrons. The van der Waals surface area contributed by atoms with Crippen LogP contribution in [-0.4, -0.2) is 17.1 Å². The van der Waals surface area contributed by atoms with Gasteiger partial charge in [0.05, 0.1) is 0 Å². The Morgan fingerprint density at radius 2 is 2.06 bits per heavy atom. The van der Waals surface area contributed by atoms with Crippen LogP contribution in [0.15, 0.2) is 6.20 Å². The topological polar surface area (TPSA) is 61.0 Å². The van der Waals surface area contributed by atoms with Gasteiger partial charge >= 0.3 is 0 Å². The predicted octanol–water partition coefficient (Wildman–Crippen LogP) is 2.62. The molecule has 0 saturated heterocycles. The van der Waals surface area contributed by atoms with E-state index in [1.807, 2.05) is 6.20 Å². The highest BCUT2D eigenvalue weighted by molar-refractivity contribution is 5.18. The van der Waals surface area contributed by atoms with Gasteiger partial charge in [0.2, 0.25) is 0 Å². The number of aromatic nitrogens is 2. The van der Waals surface area contributed by atoms with Gasteiger partial charge in [-0.2, -0.15) is 0 Å². The first-order chi connectivity index (χ1) is 8.43. The number of hydrogen-bond donors (Lipinski definition) is 1. The molecule has 0 aliphatic rings. The van der Waals surface area contributed by atoms with Crippen LogP contribution in [0, 0.1) is 5.41 Å². The Morgan fingerprint density at radius 3 is 2.50 bits per heavy atom. The fourth-order valence-electron chi connectivity index (χ4n) is 2.05. The fourth-order valence-corrected chi connectivity index (χ4v) is 2.05. The average molecular weight is 251 g/mol. The van der Waals surface area contributed by atoms with E-state index in [9.17, 15) is 0 Å².